The molecule has 0 saturated carbocycles. The van der Waals surface area contributed by atoms with Crippen LogP contribution in [-0.2, 0) is 10.9 Å². The monoisotopic (exact) mass is 445 g/mol. The van der Waals surface area contributed by atoms with E-state index in [4.69, 9.17) is 10.00 Å². The summed E-state index contributed by atoms with van der Waals surface area (Å²) < 4.78 is 45.7. The highest BCUT2D eigenvalue weighted by Gasteiger charge is 2.51. The molecule has 2 aliphatic heterocycles. The molecule has 2 atom stereocenters. The third-order valence-corrected chi connectivity index (χ3v) is 6.45. The van der Waals surface area contributed by atoms with Gasteiger partial charge in [-0.2, -0.15) is 18.4 Å². The lowest BCUT2D eigenvalue weighted by molar-refractivity contribution is -0.137. The zero-order valence-electron chi connectivity index (χ0n) is 17.5. The van der Waals surface area contributed by atoms with Crippen LogP contribution in [0, 0.1) is 22.7 Å². The molecule has 0 spiro atoms. The number of alkyl halides is 3. The van der Waals surface area contributed by atoms with Gasteiger partial charge in [0.1, 0.15) is 12.0 Å². The highest BCUT2D eigenvalue weighted by molar-refractivity contribution is 5.92. The number of aromatic nitrogens is 2. The molecule has 0 unspecified atom stereocenters. The molecule has 168 valence electrons. The quantitative estimate of drug-likeness (QED) is 0.720. The maximum Gasteiger partial charge on any atom is 0.417 e. The van der Waals surface area contributed by atoms with Crippen molar-refractivity contribution in [1.29, 1.82) is 5.26 Å². The van der Waals surface area contributed by atoms with Crippen LogP contribution in [0.15, 0.2) is 36.8 Å². The number of nitriles is 1. The largest absolute Gasteiger partial charge is 0.417 e. The van der Waals surface area contributed by atoms with Crippen LogP contribution >= 0.6 is 0 Å². The molecule has 4 rings (SSSR count). The minimum atomic E-state index is -4.61. The fourth-order valence-corrected chi connectivity index (χ4v) is 4.84. The molecule has 0 bridgehead atoms. The Balaban J connectivity index is 1.58. The summed E-state index contributed by atoms with van der Waals surface area (Å²) in [6, 6.07) is 6.99. The Kier molecular flexibility index (Phi) is 5.77. The summed E-state index contributed by atoms with van der Waals surface area (Å²) in [5.74, 6) is -0.173. The van der Waals surface area contributed by atoms with Crippen LogP contribution in [0.4, 0.5) is 18.9 Å². The molecule has 0 radical (unpaired) electrons. The topological polar surface area (TPSA) is 82.4 Å². The molecule has 1 amide bonds. The summed E-state index contributed by atoms with van der Waals surface area (Å²) in [4.78, 5) is 24.5. The third kappa shape index (κ3) is 4.00. The van der Waals surface area contributed by atoms with Gasteiger partial charge < -0.3 is 14.5 Å². The van der Waals surface area contributed by atoms with E-state index in [0.29, 0.717) is 50.6 Å². The molecule has 1 aromatic carbocycles. The number of hydrogen-bond donors (Lipinski definition) is 0. The second kappa shape index (κ2) is 8.39. The van der Waals surface area contributed by atoms with Gasteiger partial charge in [-0.15, -0.1) is 0 Å². The first-order valence-corrected chi connectivity index (χ1v) is 10.2. The molecule has 2 saturated heterocycles. The van der Waals surface area contributed by atoms with Gasteiger partial charge in [0.15, 0.2) is 0 Å². The van der Waals surface area contributed by atoms with E-state index in [9.17, 15) is 18.0 Å². The molecule has 32 heavy (non-hydrogen) atoms. The molecule has 0 aliphatic carbocycles. The molecule has 1 aromatic heterocycles. The van der Waals surface area contributed by atoms with Gasteiger partial charge in [-0.1, -0.05) is 0 Å². The average molecular weight is 445 g/mol. The molecule has 2 aliphatic rings. The standard InChI is InChI=1S/C22H22F3N5O2/c1-32-13-21-5-7-29(17-3-2-15(9-26)18(8-17)22(23,24)25)10-16(21)11-30(12-21)20(31)19-4-6-27-14-28-19/h2-4,6,8,14,16H,5,7,10-13H2,1H3/t16-,21+/m1/s1. The molecule has 2 fully saturated rings. The van der Waals surface area contributed by atoms with Crippen LogP contribution in [0.3, 0.4) is 0 Å². The van der Waals surface area contributed by atoms with Gasteiger partial charge in [-0.25, -0.2) is 9.97 Å². The van der Waals surface area contributed by atoms with E-state index < -0.39 is 17.3 Å². The first-order valence-electron chi connectivity index (χ1n) is 10.2. The van der Waals surface area contributed by atoms with E-state index in [2.05, 4.69) is 9.97 Å². The predicted molar refractivity (Wildman–Crippen MR) is 109 cm³/mol. The Hall–Kier alpha value is -3.19. The number of methoxy groups -OCH3 is 1. The number of amides is 1. The molecule has 3 heterocycles. The van der Waals surface area contributed by atoms with Crippen molar-refractivity contribution in [2.45, 2.75) is 12.6 Å². The number of nitrogens with zero attached hydrogens (tertiary/aromatic N) is 5. The summed E-state index contributed by atoms with van der Waals surface area (Å²) in [6.07, 6.45) is -1.10. The van der Waals surface area contributed by atoms with Crippen LogP contribution < -0.4 is 4.90 Å². The number of halogens is 3. The van der Waals surface area contributed by atoms with E-state index in [1.54, 1.807) is 30.2 Å². The van der Waals surface area contributed by atoms with Crippen molar-refractivity contribution in [3.8, 4) is 6.07 Å². The fourth-order valence-electron chi connectivity index (χ4n) is 4.84. The maximum absolute atomic E-state index is 13.4. The number of fused-ring (bicyclic) bond motifs is 1. The number of rotatable bonds is 4. The van der Waals surface area contributed by atoms with Gasteiger partial charge in [0.05, 0.1) is 23.8 Å². The number of benzene rings is 1. The molecule has 0 N–H and O–H groups in total. The predicted octanol–water partition coefficient (Wildman–Crippen LogP) is 2.98. The number of ether oxygens (including phenoxy) is 1. The van der Waals surface area contributed by atoms with Crippen LogP contribution in [0.2, 0.25) is 0 Å². The van der Waals surface area contributed by atoms with Crippen LogP contribution in [-0.4, -0.2) is 60.7 Å². The lowest BCUT2D eigenvalue weighted by Crippen LogP contribution is -2.49. The van der Waals surface area contributed by atoms with Crippen LogP contribution in [0.5, 0.6) is 0 Å². The van der Waals surface area contributed by atoms with Gasteiger partial charge in [0.2, 0.25) is 0 Å². The van der Waals surface area contributed by atoms with E-state index in [1.165, 1.54) is 18.6 Å². The second-order valence-electron chi connectivity index (χ2n) is 8.31. The smallest absolute Gasteiger partial charge is 0.384 e. The van der Waals surface area contributed by atoms with Crippen molar-refractivity contribution in [2.24, 2.45) is 11.3 Å². The number of anilines is 1. The average Bonchev–Trinajstić information content (AvgIpc) is 3.17. The number of carbonyl (C=O) groups is 1. The van der Waals surface area contributed by atoms with Crippen LogP contribution in [0.25, 0.3) is 0 Å². The third-order valence-electron chi connectivity index (χ3n) is 6.45. The summed E-state index contributed by atoms with van der Waals surface area (Å²) in [5.41, 5.74) is -0.867. The van der Waals surface area contributed by atoms with Crippen molar-refractivity contribution in [1.82, 2.24) is 14.9 Å². The SMILES string of the molecule is COC[C@@]12CCN(c3ccc(C#N)c(C(F)(F)F)c3)C[C@@H]1CN(C(=O)c1ccncn1)C2. The zero-order chi connectivity index (χ0) is 22.9. The molecule has 2 aromatic rings. The van der Waals surface area contributed by atoms with Crippen molar-refractivity contribution in [3.05, 3.63) is 53.6 Å². The maximum atomic E-state index is 13.4. The summed E-state index contributed by atoms with van der Waals surface area (Å²) in [7, 11) is 1.61. The number of carbonyl (C=O) groups excluding carboxylic acids is 1. The summed E-state index contributed by atoms with van der Waals surface area (Å²) in [5, 5.41) is 9.05. The Bertz CT molecular complexity index is 1040. The molecular weight excluding hydrogens is 423 g/mol. The summed E-state index contributed by atoms with van der Waals surface area (Å²) >= 11 is 0. The van der Waals surface area contributed by atoms with Crippen molar-refractivity contribution in [3.63, 3.8) is 0 Å². The fraction of sp³-hybridized carbons (Fsp3) is 0.455. The van der Waals surface area contributed by atoms with Crippen molar-refractivity contribution >= 4 is 11.6 Å². The van der Waals surface area contributed by atoms with Crippen LogP contribution in [0.1, 0.15) is 28.0 Å². The Morgan fingerprint density at radius 2 is 2.16 bits per heavy atom. The van der Waals surface area contributed by atoms with E-state index >= 15 is 0 Å². The molecular formula is C22H22F3N5O2. The van der Waals surface area contributed by atoms with Gasteiger partial charge >= 0.3 is 6.18 Å². The van der Waals surface area contributed by atoms with Crippen molar-refractivity contribution in [2.75, 3.05) is 44.8 Å². The lowest BCUT2D eigenvalue weighted by Gasteiger charge is -2.44. The van der Waals surface area contributed by atoms with Gasteiger partial charge in [0, 0.05) is 56.5 Å². The van der Waals surface area contributed by atoms with E-state index in [0.717, 1.165) is 6.07 Å². The minimum absolute atomic E-state index is 0.0203. The van der Waals surface area contributed by atoms with E-state index in [-0.39, 0.29) is 17.2 Å². The highest BCUT2D eigenvalue weighted by atomic mass is 19.4. The first kappa shape index (κ1) is 22.0. The molecule has 7 nitrogen and oxygen atoms in total. The van der Waals surface area contributed by atoms with Gasteiger partial charge in [-0.05, 0) is 30.7 Å². The number of likely N-dealkylation sites (tertiary alicyclic amines) is 1. The minimum Gasteiger partial charge on any atom is -0.384 e. The number of piperidine rings is 1. The number of hydrogen-bond acceptors (Lipinski definition) is 6. The Labute approximate surface area is 183 Å². The van der Waals surface area contributed by atoms with Gasteiger partial charge in [-0.3, -0.25) is 4.79 Å². The Morgan fingerprint density at radius 3 is 2.81 bits per heavy atom. The molecule has 10 heteroatoms. The normalized spacial score (nSPS) is 23.0. The lowest BCUT2D eigenvalue weighted by atomic mass is 9.73. The Morgan fingerprint density at radius 1 is 1.34 bits per heavy atom. The van der Waals surface area contributed by atoms with E-state index in [1.807, 2.05) is 4.90 Å². The second-order valence-corrected chi connectivity index (χ2v) is 8.31. The first-order chi connectivity index (χ1) is 15.3. The highest BCUT2D eigenvalue weighted by Crippen LogP contribution is 2.45. The summed E-state index contributed by atoms with van der Waals surface area (Å²) in [6.45, 7) is 2.44. The van der Waals surface area contributed by atoms with Crippen molar-refractivity contribution < 1.29 is 22.7 Å². The zero-order valence-corrected chi connectivity index (χ0v) is 17.5. The van der Waals surface area contributed by atoms with Gasteiger partial charge in [0.25, 0.3) is 5.91 Å².